The van der Waals surface area contributed by atoms with Crippen molar-refractivity contribution in [3.8, 4) is 0 Å². The second kappa shape index (κ2) is 7.11. The molecule has 24 heavy (non-hydrogen) atoms. The maximum Gasteiger partial charge on any atom is 0.309 e. The Balaban J connectivity index is 1.64. The van der Waals surface area contributed by atoms with E-state index < -0.39 is 11.9 Å². The van der Waals surface area contributed by atoms with Gasteiger partial charge in [0.2, 0.25) is 0 Å². The normalized spacial score (nSPS) is 25.0. The van der Waals surface area contributed by atoms with Gasteiger partial charge in [0.1, 0.15) is 0 Å². The average molecular weight is 352 g/mol. The molecule has 0 saturated carbocycles. The number of carboxylic acids is 1. The zero-order valence-electron chi connectivity index (χ0n) is 13.7. The van der Waals surface area contributed by atoms with Gasteiger partial charge in [-0.2, -0.15) is 0 Å². The van der Waals surface area contributed by atoms with Crippen molar-refractivity contribution in [1.29, 1.82) is 0 Å². The first-order valence-corrected chi connectivity index (χ1v) is 8.75. The third-order valence-electron chi connectivity index (χ3n) is 5.24. The van der Waals surface area contributed by atoms with E-state index in [0.29, 0.717) is 36.7 Å². The number of halogens is 1. The van der Waals surface area contributed by atoms with Crippen molar-refractivity contribution in [3.63, 3.8) is 0 Å². The maximum atomic E-state index is 12.7. The zero-order valence-corrected chi connectivity index (χ0v) is 14.5. The molecule has 0 radical (unpaired) electrons. The van der Waals surface area contributed by atoms with Crippen LogP contribution in [0.3, 0.4) is 0 Å². The molecule has 0 bridgehead atoms. The van der Waals surface area contributed by atoms with Crippen LogP contribution in [0.2, 0.25) is 5.02 Å². The van der Waals surface area contributed by atoms with E-state index in [4.69, 9.17) is 16.3 Å². The summed E-state index contributed by atoms with van der Waals surface area (Å²) in [5.41, 5.74) is 1.44. The first kappa shape index (κ1) is 17.2. The van der Waals surface area contributed by atoms with Gasteiger partial charge in [0.05, 0.1) is 12.0 Å². The Labute approximate surface area is 146 Å². The van der Waals surface area contributed by atoms with Crippen molar-refractivity contribution < 1.29 is 19.4 Å². The van der Waals surface area contributed by atoms with Crippen molar-refractivity contribution in [2.24, 2.45) is 11.8 Å². The summed E-state index contributed by atoms with van der Waals surface area (Å²) in [7, 11) is 0. The number of nitrogens with zero attached hydrogens (tertiary/aromatic N) is 1. The number of carbonyl (C=O) groups excluding carboxylic acids is 1. The molecule has 2 fully saturated rings. The van der Waals surface area contributed by atoms with Crippen LogP contribution in [0.15, 0.2) is 18.2 Å². The molecule has 1 amide bonds. The minimum Gasteiger partial charge on any atom is -0.481 e. The van der Waals surface area contributed by atoms with Crippen LogP contribution in [0.5, 0.6) is 0 Å². The summed E-state index contributed by atoms with van der Waals surface area (Å²) < 4.78 is 5.68. The number of rotatable bonds is 3. The van der Waals surface area contributed by atoms with Crippen LogP contribution >= 0.6 is 11.6 Å². The molecule has 0 spiro atoms. The smallest absolute Gasteiger partial charge is 0.309 e. The standard InChI is InChI=1S/C18H22ClNO4/c1-11-13(3-2-4-15(11)19)17(21)20-8-5-12(6-9-20)16-14(18(22)23)7-10-24-16/h2-4,12,14,16H,5-10H2,1H3,(H,22,23)/t14?,16-/m0/s1. The minimum absolute atomic E-state index is 0.00410. The fourth-order valence-electron chi connectivity index (χ4n) is 3.78. The van der Waals surface area contributed by atoms with Gasteiger partial charge in [-0.05, 0) is 49.8 Å². The molecule has 2 atom stereocenters. The van der Waals surface area contributed by atoms with Crippen LogP contribution < -0.4 is 0 Å². The second-order valence-corrected chi connectivity index (χ2v) is 7.02. The van der Waals surface area contributed by atoms with E-state index in [1.165, 1.54) is 0 Å². The molecular weight excluding hydrogens is 330 g/mol. The lowest BCUT2D eigenvalue weighted by Gasteiger charge is -2.35. The largest absolute Gasteiger partial charge is 0.481 e. The van der Waals surface area contributed by atoms with Crippen LogP contribution in [0.1, 0.15) is 35.2 Å². The van der Waals surface area contributed by atoms with Gasteiger partial charge in [0.15, 0.2) is 0 Å². The Morgan fingerprint density at radius 1 is 1.25 bits per heavy atom. The number of benzene rings is 1. The molecule has 6 heteroatoms. The number of carbonyl (C=O) groups is 2. The maximum absolute atomic E-state index is 12.7. The quantitative estimate of drug-likeness (QED) is 0.909. The Kier molecular flexibility index (Phi) is 5.11. The van der Waals surface area contributed by atoms with E-state index in [9.17, 15) is 14.7 Å². The molecule has 2 heterocycles. The van der Waals surface area contributed by atoms with Gasteiger partial charge in [-0.15, -0.1) is 0 Å². The van der Waals surface area contributed by atoms with E-state index in [1.807, 2.05) is 11.8 Å². The van der Waals surface area contributed by atoms with Crippen LogP contribution in [0, 0.1) is 18.8 Å². The lowest BCUT2D eigenvalue weighted by Crippen LogP contribution is -2.43. The van der Waals surface area contributed by atoms with Crippen molar-refractivity contribution in [1.82, 2.24) is 4.90 Å². The Morgan fingerprint density at radius 2 is 1.96 bits per heavy atom. The predicted molar refractivity (Wildman–Crippen MR) is 90.3 cm³/mol. The van der Waals surface area contributed by atoms with Crippen LogP contribution in [0.25, 0.3) is 0 Å². The van der Waals surface area contributed by atoms with Gasteiger partial charge >= 0.3 is 5.97 Å². The Bertz CT molecular complexity index is 640. The second-order valence-electron chi connectivity index (χ2n) is 6.61. The molecular formula is C18H22ClNO4. The van der Waals surface area contributed by atoms with Crippen LogP contribution in [-0.2, 0) is 9.53 Å². The summed E-state index contributed by atoms with van der Waals surface area (Å²) in [4.78, 5) is 25.9. The van der Waals surface area contributed by atoms with Crippen molar-refractivity contribution in [3.05, 3.63) is 34.3 Å². The zero-order chi connectivity index (χ0) is 17.3. The topological polar surface area (TPSA) is 66.8 Å². The van der Waals surface area contributed by atoms with Gasteiger partial charge in [0, 0.05) is 30.3 Å². The molecule has 0 aliphatic carbocycles. The molecule has 1 unspecified atom stereocenters. The highest BCUT2D eigenvalue weighted by Gasteiger charge is 2.40. The van der Waals surface area contributed by atoms with Crippen molar-refractivity contribution >= 4 is 23.5 Å². The first-order chi connectivity index (χ1) is 11.5. The van der Waals surface area contributed by atoms with Gasteiger partial charge in [-0.25, -0.2) is 0 Å². The number of amides is 1. The van der Waals surface area contributed by atoms with Gasteiger partial charge in [-0.1, -0.05) is 17.7 Å². The molecule has 0 aromatic heterocycles. The van der Waals surface area contributed by atoms with Crippen LogP contribution in [0.4, 0.5) is 0 Å². The molecule has 2 saturated heterocycles. The van der Waals surface area contributed by atoms with Gasteiger partial charge in [-0.3, -0.25) is 9.59 Å². The van der Waals surface area contributed by atoms with E-state index in [0.717, 1.165) is 18.4 Å². The molecule has 2 aliphatic heterocycles. The molecule has 5 nitrogen and oxygen atoms in total. The lowest BCUT2D eigenvalue weighted by atomic mass is 9.84. The highest BCUT2D eigenvalue weighted by Crippen LogP contribution is 2.33. The number of piperidine rings is 1. The third-order valence-corrected chi connectivity index (χ3v) is 5.65. The number of carboxylic acid groups (broad SMARTS) is 1. The van der Waals surface area contributed by atoms with Crippen molar-refractivity contribution in [2.45, 2.75) is 32.3 Å². The summed E-state index contributed by atoms with van der Waals surface area (Å²) in [6, 6.07) is 5.37. The summed E-state index contributed by atoms with van der Waals surface area (Å²) in [6.07, 6.45) is 1.92. The number of aliphatic carboxylic acids is 1. The van der Waals surface area contributed by atoms with E-state index in [2.05, 4.69) is 0 Å². The summed E-state index contributed by atoms with van der Waals surface area (Å²) in [6.45, 7) is 3.62. The summed E-state index contributed by atoms with van der Waals surface area (Å²) >= 11 is 6.11. The monoisotopic (exact) mass is 351 g/mol. The summed E-state index contributed by atoms with van der Waals surface area (Å²) in [5.74, 6) is -0.980. The van der Waals surface area contributed by atoms with E-state index in [-0.39, 0.29) is 17.9 Å². The minimum atomic E-state index is -0.773. The first-order valence-electron chi connectivity index (χ1n) is 8.38. The van der Waals surface area contributed by atoms with Crippen LogP contribution in [-0.4, -0.2) is 47.7 Å². The predicted octanol–water partition coefficient (Wildman–Crippen LogP) is 2.99. The summed E-state index contributed by atoms with van der Waals surface area (Å²) in [5, 5.41) is 9.90. The number of hydrogen-bond acceptors (Lipinski definition) is 3. The van der Waals surface area contributed by atoms with Crippen molar-refractivity contribution in [2.75, 3.05) is 19.7 Å². The highest BCUT2D eigenvalue weighted by molar-refractivity contribution is 6.31. The molecule has 1 aromatic carbocycles. The molecule has 1 N–H and O–H groups in total. The average Bonchev–Trinajstić information content (AvgIpc) is 3.07. The molecule has 130 valence electrons. The SMILES string of the molecule is Cc1c(Cl)cccc1C(=O)N1CCC([C@@H]2OCCC2C(=O)O)CC1. The Hall–Kier alpha value is -1.59. The molecule has 1 aromatic rings. The number of likely N-dealkylation sites (tertiary alicyclic amines) is 1. The van der Waals surface area contributed by atoms with E-state index >= 15 is 0 Å². The molecule has 3 rings (SSSR count). The van der Waals surface area contributed by atoms with Gasteiger partial charge < -0.3 is 14.7 Å². The third kappa shape index (κ3) is 3.28. The fourth-order valence-corrected chi connectivity index (χ4v) is 3.96. The molecule has 2 aliphatic rings. The number of ether oxygens (including phenoxy) is 1. The van der Waals surface area contributed by atoms with E-state index in [1.54, 1.807) is 18.2 Å². The highest BCUT2D eigenvalue weighted by atomic mass is 35.5. The fraction of sp³-hybridized carbons (Fsp3) is 0.556. The lowest BCUT2D eigenvalue weighted by molar-refractivity contribution is -0.145. The Morgan fingerprint density at radius 3 is 2.62 bits per heavy atom. The number of hydrogen-bond donors (Lipinski definition) is 1. The van der Waals surface area contributed by atoms with Gasteiger partial charge in [0.25, 0.3) is 5.91 Å².